The third-order valence-corrected chi connectivity index (χ3v) is 15.1. The average Bonchev–Trinajstić information content (AvgIpc) is 3.41. The molecule has 4 aliphatic rings. The Morgan fingerprint density at radius 3 is 2.04 bits per heavy atom. The second kappa shape index (κ2) is 19.0. The SMILES string of the molecule is CCCCCCCCCCCCCCCC(=O)O[C@H]1CC[C@@]2(C)C(=CC[C@H]3[C@@H]4CC[C@H]([C@H](C)CC[C@@H](CC)C(C)C)[C@]4(C)CC[C@@H]32)C1. The summed E-state index contributed by atoms with van der Waals surface area (Å²) >= 11 is 0. The first-order valence-electron chi connectivity index (χ1n) is 21.5. The van der Waals surface area contributed by atoms with Gasteiger partial charge < -0.3 is 4.74 Å². The molecule has 0 radical (unpaired) electrons. The molecular weight excluding hydrogens is 572 g/mol. The first-order chi connectivity index (χ1) is 22.6. The van der Waals surface area contributed by atoms with Crippen molar-refractivity contribution in [1.82, 2.24) is 0 Å². The van der Waals surface area contributed by atoms with Gasteiger partial charge in [-0.15, -0.1) is 0 Å². The van der Waals surface area contributed by atoms with E-state index in [0.717, 1.165) is 60.7 Å². The van der Waals surface area contributed by atoms with Gasteiger partial charge in [0.15, 0.2) is 0 Å². The molecule has 0 aromatic heterocycles. The Kier molecular flexibility index (Phi) is 15.8. The first-order valence-corrected chi connectivity index (χ1v) is 21.5. The summed E-state index contributed by atoms with van der Waals surface area (Å²) in [6.45, 7) is 17.5. The highest BCUT2D eigenvalue weighted by molar-refractivity contribution is 5.69. The Balaban J connectivity index is 1.16. The zero-order chi connectivity index (χ0) is 33.9. The van der Waals surface area contributed by atoms with Crippen LogP contribution in [0.5, 0.6) is 0 Å². The predicted octanol–water partition coefficient (Wildman–Crippen LogP) is 14.1. The molecule has 3 saturated carbocycles. The van der Waals surface area contributed by atoms with Gasteiger partial charge in [-0.1, -0.05) is 150 Å². The number of esters is 1. The van der Waals surface area contributed by atoms with Crippen LogP contribution in [0.15, 0.2) is 11.6 Å². The number of allylic oxidation sites excluding steroid dienone is 1. The van der Waals surface area contributed by atoms with E-state index in [1.165, 1.54) is 135 Å². The van der Waals surface area contributed by atoms with E-state index >= 15 is 0 Å². The Morgan fingerprint density at radius 2 is 1.43 bits per heavy atom. The maximum absolute atomic E-state index is 12.8. The van der Waals surface area contributed by atoms with Gasteiger partial charge in [-0.25, -0.2) is 0 Å². The minimum Gasteiger partial charge on any atom is -0.462 e. The Hall–Kier alpha value is -0.790. The Morgan fingerprint density at radius 1 is 0.787 bits per heavy atom. The third kappa shape index (κ3) is 10.1. The van der Waals surface area contributed by atoms with Crippen molar-refractivity contribution in [2.75, 3.05) is 0 Å². The highest BCUT2D eigenvalue weighted by Gasteiger charge is 2.59. The maximum atomic E-state index is 12.8. The molecule has 272 valence electrons. The van der Waals surface area contributed by atoms with Crippen molar-refractivity contribution in [2.24, 2.45) is 52.3 Å². The number of rotatable bonds is 21. The molecule has 0 aromatic carbocycles. The molecule has 4 aliphatic carbocycles. The van der Waals surface area contributed by atoms with Gasteiger partial charge in [-0.2, -0.15) is 0 Å². The van der Waals surface area contributed by atoms with E-state index in [1.807, 2.05) is 0 Å². The quantitative estimate of drug-likeness (QED) is 0.0700. The van der Waals surface area contributed by atoms with Crippen LogP contribution >= 0.6 is 0 Å². The second-order valence-corrected chi connectivity index (χ2v) is 18.3. The molecule has 4 rings (SSSR count). The number of carbonyl (C=O) groups excluding carboxylic acids is 1. The monoisotopic (exact) mass is 653 g/mol. The molecule has 9 atom stereocenters. The third-order valence-electron chi connectivity index (χ3n) is 15.1. The zero-order valence-corrected chi connectivity index (χ0v) is 32.7. The van der Waals surface area contributed by atoms with Crippen LogP contribution in [-0.4, -0.2) is 12.1 Å². The normalized spacial score (nSPS) is 33.1. The van der Waals surface area contributed by atoms with Gasteiger partial charge in [-0.05, 0) is 110 Å². The molecule has 0 heterocycles. The van der Waals surface area contributed by atoms with Gasteiger partial charge >= 0.3 is 5.97 Å². The van der Waals surface area contributed by atoms with Gasteiger partial charge in [0, 0.05) is 12.8 Å². The first kappa shape index (κ1) is 39.0. The van der Waals surface area contributed by atoms with Gasteiger partial charge in [0.05, 0.1) is 0 Å². The Bertz CT molecular complexity index is 950. The molecule has 3 fully saturated rings. The number of unbranched alkanes of at least 4 members (excludes halogenated alkanes) is 12. The fraction of sp³-hybridized carbons (Fsp3) is 0.933. The van der Waals surface area contributed by atoms with Crippen LogP contribution in [0, 0.1) is 52.3 Å². The summed E-state index contributed by atoms with van der Waals surface area (Å²) in [6.07, 6.45) is 35.4. The van der Waals surface area contributed by atoms with Crippen LogP contribution in [0.3, 0.4) is 0 Å². The lowest BCUT2D eigenvalue weighted by Crippen LogP contribution is -2.51. The number of hydrogen-bond donors (Lipinski definition) is 0. The van der Waals surface area contributed by atoms with Gasteiger partial charge in [0.25, 0.3) is 0 Å². The fourth-order valence-corrected chi connectivity index (χ4v) is 11.9. The molecule has 2 nitrogen and oxygen atoms in total. The number of carbonyl (C=O) groups is 1. The zero-order valence-electron chi connectivity index (χ0n) is 32.7. The summed E-state index contributed by atoms with van der Waals surface area (Å²) in [7, 11) is 0. The van der Waals surface area contributed by atoms with Crippen LogP contribution in [0.4, 0.5) is 0 Å². The van der Waals surface area contributed by atoms with Gasteiger partial charge in [-0.3, -0.25) is 4.79 Å². The standard InChI is InChI=1S/C45H80O2/c1-8-10-11-12-13-14-15-16-17-18-19-20-21-22-43(46)47-38-29-31-44(6)37(33-38)25-26-39-41-28-27-40(45(41,7)32-30-42(39)44)35(5)23-24-36(9-2)34(3)4/h25,34-36,38-42H,8-24,26-33H2,1-7H3/t35-,36-,38+,39+,40-,41+,42+,44+,45+/m1/s1. The van der Waals surface area contributed by atoms with Crippen molar-refractivity contribution in [3.05, 3.63) is 11.6 Å². The van der Waals surface area contributed by atoms with E-state index in [9.17, 15) is 4.79 Å². The largest absolute Gasteiger partial charge is 0.462 e. The lowest BCUT2D eigenvalue weighted by molar-refractivity contribution is -0.151. The molecule has 0 unspecified atom stereocenters. The van der Waals surface area contributed by atoms with E-state index in [4.69, 9.17) is 4.74 Å². The topological polar surface area (TPSA) is 26.3 Å². The summed E-state index contributed by atoms with van der Waals surface area (Å²) < 4.78 is 6.14. The van der Waals surface area contributed by atoms with Crippen molar-refractivity contribution < 1.29 is 9.53 Å². The minimum absolute atomic E-state index is 0.0640. The molecule has 0 bridgehead atoms. The maximum Gasteiger partial charge on any atom is 0.306 e. The highest BCUT2D eigenvalue weighted by atomic mass is 16.5. The molecule has 0 saturated heterocycles. The average molecular weight is 653 g/mol. The molecule has 47 heavy (non-hydrogen) atoms. The predicted molar refractivity (Wildman–Crippen MR) is 202 cm³/mol. The van der Waals surface area contributed by atoms with E-state index in [1.54, 1.807) is 5.57 Å². The molecule has 0 spiro atoms. The summed E-state index contributed by atoms with van der Waals surface area (Å²) in [5, 5.41) is 0. The fourth-order valence-electron chi connectivity index (χ4n) is 11.9. The summed E-state index contributed by atoms with van der Waals surface area (Å²) in [4.78, 5) is 12.8. The van der Waals surface area contributed by atoms with Gasteiger partial charge in [0.1, 0.15) is 6.10 Å². The Labute approximate surface area is 293 Å². The van der Waals surface area contributed by atoms with Crippen LogP contribution in [0.1, 0.15) is 209 Å². The van der Waals surface area contributed by atoms with E-state index in [2.05, 4.69) is 54.5 Å². The van der Waals surface area contributed by atoms with E-state index < -0.39 is 0 Å². The second-order valence-electron chi connectivity index (χ2n) is 18.3. The molecule has 0 aliphatic heterocycles. The molecule has 0 N–H and O–H groups in total. The number of hydrogen-bond acceptors (Lipinski definition) is 2. The lowest BCUT2D eigenvalue weighted by Gasteiger charge is -2.58. The van der Waals surface area contributed by atoms with Crippen LogP contribution in [0.25, 0.3) is 0 Å². The highest BCUT2D eigenvalue weighted by Crippen LogP contribution is 2.67. The van der Waals surface area contributed by atoms with Crippen LogP contribution < -0.4 is 0 Å². The molecule has 2 heteroatoms. The summed E-state index contributed by atoms with van der Waals surface area (Å²) in [5.74, 6) is 6.18. The number of ether oxygens (including phenoxy) is 1. The van der Waals surface area contributed by atoms with Crippen molar-refractivity contribution in [3.63, 3.8) is 0 Å². The van der Waals surface area contributed by atoms with Crippen molar-refractivity contribution in [2.45, 2.75) is 215 Å². The van der Waals surface area contributed by atoms with Crippen molar-refractivity contribution in [3.8, 4) is 0 Å². The molecule has 0 aromatic rings. The minimum atomic E-state index is 0.0640. The smallest absolute Gasteiger partial charge is 0.306 e. The van der Waals surface area contributed by atoms with E-state index in [0.29, 0.717) is 17.3 Å². The van der Waals surface area contributed by atoms with Crippen molar-refractivity contribution in [1.29, 1.82) is 0 Å². The van der Waals surface area contributed by atoms with Gasteiger partial charge in [0.2, 0.25) is 0 Å². The molecule has 0 amide bonds. The van der Waals surface area contributed by atoms with E-state index in [-0.39, 0.29) is 12.1 Å². The van der Waals surface area contributed by atoms with Crippen LogP contribution in [-0.2, 0) is 9.53 Å². The lowest BCUT2D eigenvalue weighted by atomic mass is 9.47. The summed E-state index contributed by atoms with van der Waals surface area (Å²) in [6, 6.07) is 0. The number of fused-ring (bicyclic) bond motifs is 5. The van der Waals surface area contributed by atoms with Crippen molar-refractivity contribution >= 4 is 5.97 Å². The summed E-state index contributed by atoms with van der Waals surface area (Å²) in [5.41, 5.74) is 2.52. The molecular formula is C45H80O2. The van der Waals surface area contributed by atoms with Crippen LogP contribution in [0.2, 0.25) is 0 Å².